The first-order chi connectivity index (χ1) is 13.5. The number of benzene rings is 3. The number of hydrogen-bond donors (Lipinski definition) is 2. The number of carbonyl (C=O) groups is 2. The highest BCUT2D eigenvalue weighted by atomic mass is 127. The zero-order chi connectivity index (χ0) is 19.9. The van der Waals surface area contributed by atoms with Crippen molar-refractivity contribution in [3.63, 3.8) is 0 Å². The molecule has 28 heavy (non-hydrogen) atoms. The van der Waals surface area contributed by atoms with Crippen LogP contribution >= 0.6 is 22.6 Å². The molecule has 5 nitrogen and oxygen atoms in total. The van der Waals surface area contributed by atoms with Crippen LogP contribution in [-0.2, 0) is 4.79 Å². The second-order valence-corrected chi connectivity index (χ2v) is 6.95. The molecule has 3 aromatic rings. The summed E-state index contributed by atoms with van der Waals surface area (Å²) in [6, 6.07) is 23.0. The summed E-state index contributed by atoms with van der Waals surface area (Å²) in [5.74, 6) is -0.324. The van der Waals surface area contributed by atoms with Crippen LogP contribution < -0.4 is 10.1 Å². The SMILES string of the molecule is O=C(O)C(=Cc1ccc(Oc2ccccc2I)cc1)NC(=O)c1ccccc1. The van der Waals surface area contributed by atoms with Gasteiger partial charge in [-0.05, 0) is 70.6 Å². The first-order valence-electron chi connectivity index (χ1n) is 8.37. The summed E-state index contributed by atoms with van der Waals surface area (Å²) in [7, 11) is 0. The van der Waals surface area contributed by atoms with Crippen LogP contribution in [0.5, 0.6) is 11.5 Å². The van der Waals surface area contributed by atoms with Crippen molar-refractivity contribution in [3.8, 4) is 11.5 Å². The van der Waals surface area contributed by atoms with Crippen molar-refractivity contribution in [3.05, 3.63) is 99.3 Å². The molecule has 0 unspecified atom stereocenters. The quantitative estimate of drug-likeness (QED) is 0.383. The summed E-state index contributed by atoms with van der Waals surface area (Å²) >= 11 is 2.19. The number of carboxylic acid groups (broad SMARTS) is 1. The highest BCUT2D eigenvalue weighted by Crippen LogP contribution is 2.26. The minimum absolute atomic E-state index is 0.208. The van der Waals surface area contributed by atoms with Gasteiger partial charge in [0.25, 0.3) is 5.91 Å². The highest BCUT2D eigenvalue weighted by Gasteiger charge is 2.13. The van der Waals surface area contributed by atoms with E-state index < -0.39 is 11.9 Å². The van der Waals surface area contributed by atoms with Crippen LogP contribution in [-0.4, -0.2) is 17.0 Å². The van der Waals surface area contributed by atoms with Crippen LogP contribution in [0.2, 0.25) is 0 Å². The van der Waals surface area contributed by atoms with E-state index in [1.807, 2.05) is 24.3 Å². The first kappa shape index (κ1) is 19.6. The molecule has 0 fully saturated rings. The molecule has 0 heterocycles. The number of ether oxygens (including phenoxy) is 1. The van der Waals surface area contributed by atoms with Crippen molar-refractivity contribution >= 4 is 40.5 Å². The fourth-order valence-electron chi connectivity index (χ4n) is 2.39. The minimum Gasteiger partial charge on any atom is -0.477 e. The number of nitrogens with one attached hydrogen (secondary N) is 1. The Balaban J connectivity index is 1.75. The molecule has 1 amide bonds. The Kier molecular flexibility index (Phi) is 6.44. The Morgan fingerprint density at radius 1 is 0.893 bits per heavy atom. The van der Waals surface area contributed by atoms with Gasteiger partial charge in [0.1, 0.15) is 17.2 Å². The molecule has 3 aromatic carbocycles. The lowest BCUT2D eigenvalue weighted by Crippen LogP contribution is -2.27. The van der Waals surface area contributed by atoms with Gasteiger partial charge in [0.2, 0.25) is 0 Å². The monoisotopic (exact) mass is 485 g/mol. The Morgan fingerprint density at radius 2 is 1.54 bits per heavy atom. The van der Waals surface area contributed by atoms with Gasteiger partial charge in [0.05, 0.1) is 3.57 Å². The van der Waals surface area contributed by atoms with Crippen LogP contribution in [0.1, 0.15) is 15.9 Å². The number of aliphatic carboxylic acids is 1. The van der Waals surface area contributed by atoms with Crippen molar-refractivity contribution in [2.75, 3.05) is 0 Å². The summed E-state index contributed by atoms with van der Waals surface area (Å²) in [4.78, 5) is 23.7. The van der Waals surface area contributed by atoms with Crippen LogP contribution in [0.25, 0.3) is 6.08 Å². The smallest absolute Gasteiger partial charge is 0.352 e. The lowest BCUT2D eigenvalue weighted by atomic mass is 10.1. The molecule has 0 atom stereocenters. The molecule has 0 spiro atoms. The summed E-state index contributed by atoms with van der Waals surface area (Å²) in [6.45, 7) is 0. The summed E-state index contributed by atoms with van der Waals surface area (Å²) in [5.41, 5.74) is 0.803. The molecule has 2 N–H and O–H groups in total. The largest absolute Gasteiger partial charge is 0.477 e. The predicted octanol–water partition coefficient (Wildman–Crippen LogP) is 4.94. The van der Waals surface area contributed by atoms with Gasteiger partial charge < -0.3 is 15.2 Å². The van der Waals surface area contributed by atoms with Gasteiger partial charge in [-0.3, -0.25) is 4.79 Å². The van der Waals surface area contributed by atoms with E-state index >= 15 is 0 Å². The first-order valence-corrected chi connectivity index (χ1v) is 9.44. The van der Waals surface area contributed by atoms with Gasteiger partial charge in [-0.2, -0.15) is 0 Å². The van der Waals surface area contributed by atoms with Crippen molar-refractivity contribution < 1.29 is 19.4 Å². The second kappa shape index (κ2) is 9.18. The topological polar surface area (TPSA) is 75.6 Å². The molecule has 6 heteroatoms. The molecular weight excluding hydrogens is 469 g/mol. The molecule has 0 aliphatic heterocycles. The lowest BCUT2D eigenvalue weighted by molar-refractivity contribution is -0.132. The normalized spacial score (nSPS) is 11.0. The lowest BCUT2D eigenvalue weighted by Gasteiger charge is -2.08. The fraction of sp³-hybridized carbons (Fsp3) is 0. The number of hydrogen-bond acceptors (Lipinski definition) is 3. The molecule has 140 valence electrons. The summed E-state index contributed by atoms with van der Waals surface area (Å²) < 4.78 is 6.81. The van der Waals surface area contributed by atoms with Gasteiger partial charge in [0.15, 0.2) is 0 Å². The third-order valence-corrected chi connectivity index (χ3v) is 4.66. The summed E-state index contributed by atoms with van der Waals surface area (Å²) in [5, 5.41) is 11.8. The van der Waals surface area contributed by atoms with E-state index in [1.165, 1.54) is 6.08 Å². The highest BCUT2D eigenvalue weighted by molar-refractivity contribution is 14.1. The zero-order valence-corrected chi connectivity index (χ0v) is 16.8. The number of carbonyl (C=O) groups excluding carboxylic acids is 1. The molecule has 0 bridgehead atoms. The van der Waals surface area contributed by atoms with Gasteiger partial charge in [0, 0.05) is 5.56 Å². The number of carboxylic acids is 1. The average Bonchev–Trinajstić information content (AvgIpc) is 2.71. The Bertz CT molecular complexity index is 1010. The van der Waals surface area contributed by atoms with E-state index in [0.717, 1.165) is 9.32 Å². The van der Waals surface area contributed by atoms with E-state index in [2.05, 4.69) is 27.9 Å². The van der Waals surface area contributed by atoms with Gasteiger partial charge in [-0.1, -0.05) is 42.5 Å². The predicted molar refractivity (Wildman–Crippen MR) is 115 cm³/mol. The van der Waals surface area contributed by atoms with E-state index in [9.17, 15) is 14.7 Å². The maximum absolute atomic E-state index is 12.2. The van der Waals surface area contributed by atoms with E-state index in [4.69, 9.17) is 4.74 Å². The van der Waals surface area contributed by atoms with Gasteiger partial charge >= 0.3 is 5.97 Å². The molecule has 0 aliphatic rings. The maximum atomic E-state index is 12.2. The average molecular weight is 485 g/mol. The third-order valence-electron chi connectivity index (χ3n) is 3.77. The third kappa shape index (κ3) is 5.20. The van der Waals surface area contributed by atoms with Crippen molar-refractivity contribution in [2.24, 2.45) is 0 Å². The van der Waals surface area contributed by atoms with E-state index in [0.29, 0.717) is 16.9 Å². The zero-order valence-electron chi connectivity index (χ0n) is 14.6. The van der Waals surface area contributed by atoms with Crippen LogP contribution in [0.15, 0.2) is 84.6 Å². The molecule has 0 saturated carbocycles. The number of rotatable bonds is 6. The van der Waals surface area contributed by atoms with Crippen molar-refractivity contribution in [2.45, 2.75) is 0 Å². The van der Waals surface area contributed by atoms with E-state index in [1.54, 1.807) is 54.6 Å². The van der Waals surface area contributed by atoms with Crippen molar-refractivity contribution in [1.29, 1.82) is 0 Å². The minimum atomic E-state index is -1.22. The fourth-order valence-corrected chi connectivity index (χ4v) is 2.89. The Morgan fingerprint density at radius 3 is 2.18 bits per heavy atom. The maximum Gasteiger partial charge on any atom is 0.352 e. The van der Waals surface area contributed by atoms with Crippen molar-refractivity contribution in [1.82, 2.24) is 5.32 Å². The van der Waals surface area contributed by atoms with Crippen LogP contribution in [0.3, 0.4) is 0 Å². The number of para-hydroxylation sites is 1. The molecule has 0 radical (unpaired) electrons. The van der Waals surface area contributed by atoms with Crippen LogP contribution in [0, 0.1) is 3.57 Å². The molecule has 0 saturated heterocycles. The number of amides is 1. The Hall–Kier alpha value is -3.13. The molecule has 3 rings (SSSR count). The standard InChI is InChI=1S/C22H16INO4/c23-18-8-4-5-9-20(18)28-17-12-10-15(11-13-17)14-19(22(26)27)24-21(25)16-6-2-1-3-7-16/h1-14H,(H,24,25)(H,26,27). The molecule has 0 aromatic heterocycles. The Labute approximate surface area is 175 Å². The van der Waals surface area contributed by atoms with Gasteiger partial charge in [-0.15, -0.1) is 0 Å². The molecule has 0 aliphatic carbocycles. The number of halogens is 1. The van der Waals surface area contributed by atoms with E-state index in [-0.39, 0.29) is 5.70 Å². The van der Waals surface area contributed by atoms with Gasteiger partial charge in [-0.25, -0.2) is 4.79 Å². The van der Waals surface area contributed by atoms with Crippen LogP contribution in [0.4, 0.5) is 0 Å². The summed E-state index contributed by atoms with van der Waals surface area (Å²) in [6.07, 6.45) is 1.40. The second-order valence-electron chi connectivity index (χ2n) is 5.78. The molecular formula is C22H16INO4.